The third-order valence-electron chi connectivity index (χ3n) is 13.5. The standard InChI is InChI=1S/C48H60FN13O4/c1-33-40-30-51-48(56-46(40)62(37-9-3-4-10-37)47(65)45(33)34(2)63)55-41-13-12-39(29-50-41)58-20-22-60(23-21-58)44(64)14-25-66-26-24-57-16-18-59(19-17-57)43-28-42(52-32-53-43)54-36-8-6-15-61(31-36)38-11-5-7-35(49)27-38/h5,7,11-13,27-30,32,36-37H,3-4,6,8-10,14-26,31H2,1-2H3,(H,52,53,54)(H,50,51,55,56)/t36-/m1/s1. The van der Waals surface area contributed by atoms with Gasteiger partial charge in [-0.2, -0.15) is 4.98 Å². The van der Waals surface area contributed by atoms with Crippen molar-refractivity contribution in [3.8, 4) is 0 Å². The Balaban J connectivity index is 0.676. The second kappa shape index (κ2) is 20.5. The molecule has 1 aromatic carbocycles. The molecule has 7 heterocycles. The Labute approximate surface area is 384 Å². The van der Waals surface area contributed by atoms with Gasteiger partial charge < -0.3 is 35.0 Å². The number of amides is 1. The van der Waals surface area contributed by atoms with E-state index in [1.54, 1.807) is 42.3 Å². The maximum atomic E-state index is 13.8. The number of ketones is 1. The van der Waals surface area contributed by atoms with Gasteiger partial charge >= 0.3 is 0 Å². The Morgan fingerprint density at radius 2 is 1.61 bits per heavy atom. The molecule has 3 saturated heterocycles. The first kappa shape index (κ1) is 44.9. The summed E-state index contributed by atoms with van der Waals surface area (Å²) in [5, 5.41) is 7.49. The molecule has 17 nitrogen and oxygen atoms in total. The van der Waals surface area contributed by atoms with Crippen molar-refractivity contribution < 1.29 is 18.7 Å². The van der Waals surface area contributed by atoms with E-state index in [9.17, 15) is 18.8 Å². The SMILES string of the molecule is CC(=O)c1c(C)c2cnc(Nc3ccc(N4CCN(C(=O)CCOCCN5CCN(c6cc(N[C@@H]7CCCN(c8cccc(F)c8)C7)ncn6)CC5)CC4)cn3)nc2n(C2CCCC2)c1=O. The number of hydrogen-bond donors (Lipinski definition) is 2. The van der Waals surface area contributed by atoms with E-state index in [2.05, 4.69) is 50.2 Å². The van der Waals surface area contributed by atoms with E-state index < -0.39 is 0 Å². The van der Waals surface area contributed by atoms with Crippen molar-refractivity contribution in [2.45, 2.75) is 70.9 Å². The van der Waals surface area contributed by atoms with Gasteiger partial charge in [0.25, 0.3) is 5.56 Å². The number of anilines is 6. The highest BCUT2D eigenvalue weighted by Gasteiger charge is 2.27. The fourth-order valence-corrected chi connectivity index (χ4v) is 9.91. The topological polar surface area (TPSA) is 170 Å². The minimum absolute atomic E-state index is 0.000983. The van der Waals surface area contributed by atoms with Gasteiger partial charge in [0.2, 0.25) is 11.9 Å². The van der Waals surface area contributed by atoms with Crippen molar-refractivity contribution in [2.24, 2.45) is 0 Å². The van der Waals surface area contributed by atoms with Crippen molar-refractivity contribution in [3.63, 3.8) is 0 Å². The van der Waals surface area contributed by atoms with E-state index in [4.69, 9.17) is 9.72 Å². The Morgan fingerprint density at radius 1 is 0.803 bits per heavy atom. The van der Waals surface area contributed by atoms with Crippen molar-refractivity contribution in [3.05, 3.63) is 88.5 Å². The highest BCUT2D eigenvalue weighted by molar-refractivity contribution is 5.99. The van der Waals surface area contributed by atoms with Gasteiger partial charge in [0.1, 0.15) is 35.2 Å². The molecule has 0 radical (unpaired) electrons. The summed E-state index contributed by atoms with van der Waals surface area (Å²) in [5.41, 5.74) is 2.94. The Hall–Kier alpha value is -6.27. The second-order valence-corrected chi connectivity index (χ2v) is 17.9. The number of Topliss-reactive ketones (excluding diaryl/α,β-unsaturated/α-hetero) is 1. The molecule has 1 aliphatic carbocycles. The number of piperazine rings is 2. The largest absolute Gasteiger partial charge is 0.380 e. The molecule has 2 N–H and O–H groups in total. The van der Waals surface area contributed by atoms with E-state index in [0.29, 0.717) is 74.2 Å². The molecule has 348 valence electrons. The third-order valence-corrected chi connectivity index (χ3v) is 13.5. The number of benzene rings is 1. The summed E-state index contributed by atoms with van der Waals surface area (Å²) < 4.78 is 21.5. The van der Waals surface area contributed by atoms with E-state index in [-0.39, 0.29) is 40.7 Å². The molecule has 5 aromatic rings. The van der Waals surface area contributed by atoms with Gasteiger partial charge in [-0.05, 0) is 75.4 Å². The summed E-state index contributed by atoms with van der Waals surface area (Å²) >= 11 is 0. The molecule has 66 heavy (non-hydrogen) atoms. The maximum Gasteiger partial charge on any atom is 0.263 e. The smallest absolute Gasteiger partial charge is 0.263 e. The van der Waals surface area contributed by atoms with Gasteiger partial charge in [-0.3, -0.25) is 23.9 Å². The molecule has 9 rings (SSSR count). The van der Waals surface area contributed by atoms with Gasteiger partial charge in [-0.1, -0.05) is 18.9 Å². The van der Waals surface area contributed by atoms with Crippen LogP contribution in [0, 0.1) is 12.7 Å². The summed E-state index contributed by atoms with van der Waals surface area (Å²) in [5.74, 6) is 2.25. The van der Waals surface area contributed by atoms with Crippen LogP contribution in [0.2, 0.25) is 0 Å². The molecule has 0 unspecified atom stereocenters. The normalized spacial score (nSPS) is 18.6. The Morgan fingerprint density at radius 3 is 2.36 bits per heavy atom. The van der Waals surface area contributed by atoms with Crippen molar-refractivity contribution in [1.29, 1.82) is 0 Å². The number of ether oxygens (including phenoxy) is 1. The molecule has 1 saturated carbocycles. The quantitative estimate of drug-likeness (QED) is 0.101. The zero-order valence-corrected chi connectivity index (χ0v) is 38.0. The summed E-state index contributed by atoms with van der Waals surface area (Å²) in [6.07, 6.45) is 11.3. The molecule has 1 amide bonds. The van der Waals surface area contributed by atoms with Gasteiger partial charge in [0.05, 0.1) is 37.1 Å². The number of carbonyl (C=O) groups excluding carboxylic acids is 2. The molecule has 18 heteroatoms. The highest BCUT2D eigenvalue weighted by atomic mass is 19.1. The predicted molar refractivity (Wildman–Crippen MR) is 254 cm³/mol. The van der Waals surface area contributed by atoms with Crippen LogP contribution in [-0.2, 0) is 9.53 Å². The summed E-state index contributed by atoms with van der Waals surface area (Å²) in [6, 6.07) is 12.9. The first-order valence-electron chi connectivity index (χ1n) is 23.5. The second-order valence-electron chi connectivity index (χ2n) is 17.9. The molecule has 4 aromatic heterocycles. The van der Waals surface area contributed by atoms with Crippen LogP contribution in [0.15, 0.2) is 66.0 Å². The van der Waals surface area contributed by atoms with Crippen LogP contribution in [0.4, 0.5) is 39.2 Å². The number of carbonyl (C=O) groups is 2. The lowest BCUT2D eigenvalue weighted by atomic mass is 10.0. The fourth-order valence-electron chi connectivity index (χ4n) is 9.91. The molecular formula is C48H60FN13O4. The van der Waals surface area contributed by atoms with Crippen LogP contribution in [-0.4, -0.2) is 142 Å². The molecule has 0 bridgehead atoms. The van der Waals surface area contributed by atoms with Crippen molar-refractivity contribution in [1.82, 2.24) is 39.3 Å². The number of fused-ring (bicyclic) bond motifs is 1. The van der Waals surface area contributed by atoms with Gasteiger partial charge in [0, 0.05) is 107 Å². The van der Waals surface area contributed by atoms with E-state index in [1.165, 1.54) is 13.0 Å². The number of aryl methyl sites for hydroxylation is 1. The van der Waals surface area contributed by atoms with Gasteiger partial charge in [0.15, 0.2) is 5.78 Å². The summed E-state index contributed by atoms with van der Waals surface area (Å²) in [7, 11) is 0. The number of hydrogen-bond acceptors (Lipinski definition) is 15. The van der Waals surface area contributed by atoms with Crippen LogP contribution in [0.5, 0.6) is 0 Å². The number of pyridine rings is 2. The van der Waals surface area contributed by atoms with Crippen molar-refractivity contribution in [2.75, 3.05) is 111 Å². The predicted octanol–water partition coefficient (Wildman–Crippen LogP) is 5.44. The Kier molecular flexibility index (Phi) is 13.9. The first-order chi connectivity index (χ1) is 32.2. The van der Waals surface area contributed by atoms with E-state index in [1.807, 2.05) is 29.2 Å². The third kappa shape index (κ3) is 10.4. The van der Waals surface area contributed by atoms with Gasteiger partial charge in [-0.25, -0.2) is 24.3 Å². The van der Waals surface area contributed by atoms with Crippen LogP contribution < -0.4 is 30.9 Å². The minimum atomic E-state index is -0.281. The number of halogens is 1. The Bertz CT molecular complexity index is 2560. The maximum absolute atomic E-state index is 13.8. The van der Waals surface area contributed by atoms with Crippen molar-refractivity contribution >= 4 is 57.5 Å². The van der Waals surface area contributed by atoms with E-state index in [0.717, 1.165) is 107 Å². The minimum Gasteiger partial charge on any atom is -0.380 e. The number of nitrogens with one attached hydrogen (secondary N) is 2. The molecule has 3 aliphatic heterocycles. The van der Waals surface area contributed by atoms with Gasteiger partial charge in [-0.15, -0.1) is 0 Å². The first-order valence-corrected chi connectivity index (χ1v) is 23.5. The lowest BCUT2D eigenvalue weighted by molar-refractivity contribution is -0.132. The molecule has 1 atom stereocenters. The zero-order chi connectivity index (χ0) is 45.6. The monoisotopic (exact) mass is 901 g/mol. The number of rotatable bonds is 15. The summed E-state index contributed by atoms with van der Waals surface area (Å²) in [4.78, 5) is 73.2. The van der Waals surface area contributed by atoms with Crippen LogP contribution in [0.3, 0.4) is 0 Å². The zero-order valence-electron chi connectivity index (χ0n) is 38.0. The van der Waals surface area contributed by atoms with E-state index >= 15 is 0 Å². The van der Waals surface area contributed by atoms with Crippen LogP contribution in [0.25, 0.3) is 11.0 Å². The number of piperidine rings is 1. The summed E-state index contributed by atoms with van der Waals surface area (Å²) in [6.45, 7) is 12.8. The molecule has 4 fully saturated rings. The molecule has 4 aliphatic rings. The molecule has 0 spiro atoms. The lowest BCUT2D eigenvalue weighted by Crippen LogP contribution is -2.49. The number of aromatic nitrogens is 6. The van der Waals surface area contributed by atoms with Crippen LogP contribution in [0.1, 0.15) is 73.8 Å². The highest BCUT2D eigenvalue weighted by Crippen LogP contribution is 2.32. The van der Waals surface area contributed by atoms with Crippen LogP contribution >= 0.6 is 0 Å². The lowest BCUT2D eigenvalue weighted by Gasteiger charge is -2.36. The average molecular weight is 902 g/mol. The number of nitrogens with zero attached hydrogens (tertiary/aromatic N) is 11. The molecular weight excluding hydrogens is 842 g/mol. The fraction of sp³-hybridized carbons (Fsp3) is 0.500. The average Bonchev–Trinajstić information content (AvgIpc) is 3.87.